The standard InChI is InChI=1S/C16H16Cl2N2O2/c1-22-15-4-2-11(3-5-15)9-19-10-16(21)20-14-7-12(17)6-13(18)8-14/h2-8,19H,9-10H2,1H3,(H,20,21). The first-order valence-corrected chi connectivity index (χ1v) is 7.42. The van der Waals surface area contributed by atoms with E-state index in [1.165, 1.54) is 0 Å². The minimum atomic E-state index is -0.160. The molecular weight excluding hydrogens is 323 g/mol. The Bertz CT molecular complexity index is 625. The van der Waals surface area contributed by atoms with E-state index in [2.05, 4.69) is 10.6 Å². The van der Waals surface area contributed by atoms with Crippen LogP contribution in [-0.2, 0) is 11.3 Å². The highest BCUT2D eigenvalue weighted by Crippen LogP contribution is 2.22. The van der Waals surface area contributed by atoms with Gasteiger partial charge in [-0.05, 0) is 35.9 Å². The molecular formula is C16H16Cl2N2O2. The Balaban J connectivity index is 1.79. The summed E-state index contributed by atoms with van der Waals surface area (Å²) < 4.78 is 5.09. The lowest BCUT2D eigenvalue weighted by Gasteiger charge is -2.08. The van der Waals surface area contributed by atoms with Crippen LogP contribution in [0.5, 0.6) is 5.75 Å². The number of nitrogens with one attached hydrogen (secondary N) is 2. The summed E-state index contributed by atoms with van der Waals surface area (Å²) in [5.74, 6) is 0.645. The Morgan fingerprint density at radius 2 is 1.73 bits per heavy atom. The molecule has 0 unspecified atom stereocenters. The molecule has 0 aliphatic heterocycles. The Morgan fingerprint density at radius 1 is 1.09 bits per heavy atom. The molecule has 6 heteroatoms. The molecule has 2 aromatic carbocycles. The van der Waals surface area contributed by atoms with Crippen molar-refractivity contribution in [1.82, 2.24) is 5.32 Å². The number of benzene rings is 2. The predicted octanol–water partition coefficient (Wildman–Crippen LogP) is 3.73. The van der Waals surface area contributed by atoms with Gasteiger partial charge in [-0.15, -0.1) is 0 Å². The van der Waals surface area contributed by atoms with Gasteiger partial charge in [0.05, 0.1) is 13.7 Å². The zero-order valence-electron chi connectivity index (χ0n) is 12.0. The fourth-order valence-corrected chi connectivity index (χ4v) is 2.42. The second-order valence-electron chi connectivity index (χ2n) is 4.66. The van der Waals surface area contributed by atoms with Gasteiger partial charge in [0.2, 0.25) is 5.91 Å². The number of ether oxygens (including phenoxy) is 1. The molecule has 2 aromatic rings. The third kappa shape index (κ3) is 5.22. The summed E-state index contributed by atoms with van der Waals surface area (Å²) in [5, 5.41) is 6.77. The van der Waals surface area contributed by atoms with Crippen LogP contribution < -0.4 is 15.4 Å². The zero-order chi connectivity index (χ0) is 15.9. The van der Waals surface area contributed by atoms with Crippen molar-refractivity contribution in [3.8, 4) is 5.75 Å². The minimum absolute atomic E-state index is 0.160. The number of carbonyl (C=O) groups excluding carboxylic acids is 1. The lowest BCUT2D eigenvalue weighted by atomic mass is 10.2. The highest BCUT2D eigenvalue weighted by molar-refractivity contribution is 6.35. The molecule has 0 aromatic heterocycles. The van der Waals surface area contributed by atoms with Gasteiger partial charge in [-0.3, -0.25) is 4.79 Å². The number of anilines is 1. The van der Waals surface area contributed by atoms with Gasteiger partial charge in [-0.25, -0.2) is 0 Å². The summed E-state index contributed by atoms with van der Waals surface area (Å²) in [6, 6.07) is 12.6. The second-order valence-corrected chi connectivity index (χ2v) is 5.53. The zero-order valence-corrected chi connectivity index (χ0v) is 13.5. The Labute approximate surface area is 139 Å². The van der Waals surface area contributed by atoms with Crippen molar-refractivity contribution in [2.45, 2.75) is 6.54 Å². The summed E-state index contributed by atoms with van der Waals surface area (Å²) in [7, 11) is 1.62. The van der Waals surface area contributed by atoms with Crippen LogP contribution in [0.4, 0.5) is 5.69 Å². The summed E-state index contributed by atoms with van der Waals surface area (Å²) in [6.07, 6.45) is 0. The number of methoxy groups -OCH3 is 1. The number of hydrogen-bond acceptors (Lipinski definition) is 3. The van der Waals surface area contributed by atoms with E-state index in [0.29, 0.717) is 22.3 Å². The molecule has 22 heavy (non-hydrogen) atoms. The van der Waals surface area contributed by atoms with Crippen LogP contribution in [0.15, 0.2) is 42.5 Å². The molecule has 1 amide bonds. The molecule has 116 valence electrons. The van der Waals surface area contributed by atoms with Gasteiger partial charge in [0.1, 0.15) is 5.75 Å². The number of amides is 1. The largest absolute Gasteiger partial charge is 0.497 e. The highest BCUT2D eigenvalue weighted by Gasteiger charge is 2.04. The molecule has 2 N–H and O–H groups in total. The van der Waals surface area contributed by atoms with E-state index in [1.54, 1.807) is 25.3 Å². The monoisotopic (exact) mass is 338 g/mol. The first-order chi connectivity index (χ1) is 10.6. The van der Waals surface area contributed by atoms with E-state index in [-0.39, 0.29) is 12.5 Å². The average Bonchev–Trinajstić information content (AvgIpc) is 2.47. The van der Waals surface area contributed by atoms with E-state index in [9.17, 15) is 4.79 Å². The molecule has 0 radical (unpaired) electrons. The maximum absolute atomic E-state index is 11.8. The molecule has 0 heterocycles. The van der Waals surface area contributed by atoms with Crippen LogP contribution in [0, 0.1) is 0 Å². The maximum atomic E-state index is 11.8. The van der Waals surface area contributed by atoms with Crippen molar-refractivity contribution in [2.75, 3.05) is 19.0 Å². The Hall–Kier alpha value is -1.75. The fraction of sp³-hybridized carbons (Fsp3) is 0.188. The van der Waals surface area contributed by atoms with Crippen LogP contribution in [0.3, 0.4) is 0 Å². The summed E-state index contributed by atoms with van der Waals surface area (Å²) in [4.78, 5) is 11.8. The van der Waals surface area contributed by atoms with E-state index >= 15 is 0 Å². The van der Waals surface area contributed by atoms with E-state index in [1.807, 2.05) is 24.3 Å². The predicted molar refractivity (Wildman–Crippen MR) is 89.8 cm³/mol. The smallest absolute Gasteiger partial charge is 0.238 e. The molecule has 4 nitrogen and oxygen atoms in total. The molecule has 2 rings (SSSR count). The summed E-state index contributed by atoms with van der Waals surface area (Å²) >= 11 is 11.8. The van der Waals surface area contributed by atoms with E-state index in [0.717, 1.165) is 11.3 Å². The lowest BCUT2D eigenvalue weighted by molar-refractivity contribution is -0.115. The van der Waals surface area contributed by atoms with Crippen molar-refractivity contribution in [3.63, 3.8) is 0 Å². The van der Waals surface area contributed by atoms with Crippen LogP contribution in [-0.4, -0.2) is 19.6 Å². The molecule has 0 spiro atoms. The van der Waals surface area contributed by atoms with Crippen molar-refractivity contribution in [2.24, 2.45) is 0 Å². The van der Waals surface area contributed by atoms with Crippen molar-refractivity contribution >= 4 is 34.8 Å². The van der Waals surface area contributed by atoms with Crippen molar-refractivity contribution in [3.05, 3.63) is 58.1 Å². The quantitative estimate of drug-likeness (QED) is 0.843. The highest BCUT2D eigenvalue weighted by atomic mass is 35.5. The number of carbonyl (C=O) groups is 1. The third-order valence-electron chi connectivity index (χ3n) is 2.92. The number of hydrogen-bond donors (Lipinski definition) is 2. The van der Waals surface area contributed by atoms with Crippen LogP contribution >= 0.6 is 23.2 Å². The number of halogens is 2. The van der Waals surface area contributed by atoms with Gasteiger partial charge >= 0.3 is 0 Å². The van der Waals surface area contributed by atoms with E-state index < -0.39 is 0 Å². The molecule has 0 saturated heterocycles. The first kappa shape index (κ1) is 16.6. The van der Waals surface area contributed by atoms with E-state index in [4.69, 9.17) is 27.9 Å². The average molecular weight is 339 g/mol. The molecule has 0 bridgehead atoms. The van der Waals surface area contributed by atoms with Crippen LogP contribution in [0.2, 0.25) is 10.0 Å². The Morgan fingerprint density at radius 3 is 2.32 bits per heavy atom. The van der Waals surface area contributed by atoms with Crippen LogP contribution in [0.25, 0.3) is 0 Å². The van der Waals surface area contributed by atoms with Crippen molar-refractivity contribution < 1.29 is 9.53 Å². The van der Waals surface area contributed by atoms with Gasteiger partial charge in [-0.2, -0.15) is 0 Å². The van der Waals surface area contributed by atoms with Gasteiger partial charge < -0.3 is 15.4 Å². The summed E-state index contributed by atoms with van der Waals surface area (Å²) in [5.41, 5.74) is 1.65. The molecule has 0 atom stereocenters. The summed E-state index contributed by atoms with van der Waals surface area (Å²) in [6.45, 7) is 0.782. The van der Waals surface area contributed by atoms with Crippen LogP contribution in [0.1, 0.15) is 5.56 Å². The van der Waals surface area contributed by atoms with Gasteiger partial charge in [0, 0.05) is 22.3 Å². The second kappa shape index (κ2) is 8.03. The lowest BCUT2D eigenvalue weighted by Crippen LogP contribution is -2.27. The SMILES string of the molecule is COc1ccc(CNCC(=O)Nc2cc(Cl)cc(Cl)c2)cc1. The van der Waals surface area contributed by atoms with Gasteiger partial charge in [0.15, 0.2) is 0 Å². The first-order valence-electron chi connectivity index (χ1n) is 6.66. The number of rotatable bonds is 6. The molecule has 0 saturated carbocycles. The molecule has 0 fully saturated rings. The Kier molecular flexibility index (Phi) is 6.07. The van der Waals surface area contributed by atoms with Crippen molar-refractivity contribution in [1.29, 1.82) is 0 Å². The third-order valence-corrected chi connectivity index (χ3v) is 3.36. The maximum Gasteiger partial charge on any atom is 0.238 e. The topological polar surface area (TPSA) is 50.4 Å². The van der Waals surface area contributed by atoms with Gasteiger partial charge in [-0.1, -0.05) is 35.3 Å². The van der Waals surface area contributed by atoms with Gasteiger partial charge in [0.25, 0.3) is 0 Å². The normalized spacial score (nSPS) is 10.3. The fourth-order valence-electron chi connectivity index (χ4n) is 1.89. The minimum Gasteiger partial charge on any atom is -0.497 e. The molecule has 0 aliphatic carbocycles. The molecule has 0 aliphatic rings.